The molecule has 0 saturated carbocycles. The summed E-state index contributed by atoms with van der Waals surface area (Å²) in [5.74, 6) is -1.94. The molecular weight excluding hydrogens is 262 g/mol. The van der Waals surface area contributed by atoms with Gasteiger partial charge in [-0.25, -0.2) is 8.78 Å². The second-order valence-electron chi connectivity index (χ2n) is 4.26. The third kappa shape index (κ3) is 3.31. The van der Waals surface area contributed by atoms with Crippen LogP contribution in [0.2, 0.25) is 0 Å². The predicted octanol–water partition coefficient (Wildman–Crippen LogP) is 2.98. The van der Waals surface area contributed by atoms with E-state index in [9.17, 15) is 13.9 Å². The van der Waals surface area contributed by atoms with Gasteiger partial charge in [0, 0.05) is 12.2 Å². The Balaban J connectivity index is 2.02. The van der Waals surface area contributed by atoms with E-state index >= 15 is 0 Å². The predicted molar refractivity (Wildman–Crippen MR) is 71.0 cm³/mol. The summed E-state index contributed by atoms with van der Waals surface area (Å²) in [5, 5.41) is 21.6. The molecular formula is C15H12F2N2O. The zero-order chi connectivity index (χ0) is 14.5. The summed E-state index contributed by atoms with van der Waals surface area (Å²) in [6.07, 6.45) is -0.976. The van der Waals surface area contributed by atoms with Gasteiger partial charge in [-0.15, -0.1) is 0 Å². The van der Waals surface area contributed by atoms with Gasteiger partial charge in [0.15, 0.2) is 11.6 Å². The van der Waals surface area contributed by atoms with Gasteiger partial charge in [0.2, 0.25) is 0 Å². The molecule has 1 atom stereocenters. The van der Waals surface area contributed by atoms with Gasteiger partial charge >= 0.3 is 0 Å². The van der Waals surface area contributed by atoms with E-state index in [0.717, 1.165) is 12.1 Å². The van der Waals surface area contributed by atoms with Crippen LogP contribution in [0.1, 0.15) is 17.2 Å². The van der Waals surface area contributed by atoms with Crippen molar-refractivity contribution >= 4 is 5.69 Å². The highest BCUT2D eigenvalue weighted by Gasteiger charge is 2.10. The molecule has 1 unspecified atom stereocenters. The van der Waals surface area contributed by atoms with E-state index in [1.165, 1.54) is 6.07 Å². The lowest BCUT2D eigenvalue weighted by molar-refractivity contribution is 0.191. The second kappa shape index (κ2) is 6.13. The maximum absolute atomic E-state index is 13.1. The molecule has 0 saturated heterocycles. The fourth-order valence-electron chi connectivity index (χ4n) is 1.75. The molecule has 0 fully saturated rings. The van der Waals surface area contributed by atoms with Crippen LogP contribution in [0, 0.1) is 23.0 Å². The van der Waals surface area contributed by atoms with E-state index in [-0.39, 0.29) is 12.1 Å². The highest BCUT2D eigenvalue weighted by atomic mass is 19.2. The number of rotatable bonds is 4. The van der Waals surface area contributed by atoms with Crippen molar-refractivity contribution in [2.24, 2.45) is 0 Å². The molecule has 102 valence electrons. The maximum Gasteiger partial charge on any atom is 0.159 e. The number of nitrogens with zero attached hydrogens (tertiary/aromatic N) is 1. The van der Waals surface area contributed by atoms with Crippen molar-refractivity contribution < 1.29 is 13.9 Å². The fraction of sp³-hybridized carbons (Fsp3) is 0.133. The molecule has 20 heavy (non-hydrogen) atoms. The Morgan fingerprint density at radius 3 is 2.65 bits per heavy atom. The van der Waals surface area contributed by atoms with Crippen molar-refractivity contribution in [1.29, 1.82) is 5.26 Å². The highest BCUT2D eigenvalue weighted by molar-refractivity contribution is 5.49. The number of aliphatic hydroxyl groups excluding tert-OH is 1. The SMILES string of the molecule is N#Cc1cccc(NCC(O)c2ccc(F)c(F)c2)c1. The summed E-state index contributed by atoms with van der Waals surface area (Å²) in [6.45, 7) is 0.125. The number of aliphatic hydroxyl groups is 1. The van der Waals surface area contributed by atoms with Crippen LogP contribution in [0.15, 0.2) is 42.5 Å². The Morgan fingerprint density at radius 1 is 1.15 bits per heavy atom. The molecule has 0 aliphatic rings. The Hall–Kier alpha value is -2.45. The summed E-state index contributed by atoms with van der Waals surface area (Å²) in [4.78, 5) is 0. The molecule has 2 aromatic rings. The molecule has 0 bridgehead atoms. The number of halogens is 2. The zero-order valence-electron chi connectivity index (χ0n) is 10.5. The third-order valence-electron chi connectivity index (χ3n) is 2.82. The molecule has 0 heterocycles. The van der Waals surface area contributed by atoms with Gasteiger partial charge in [-0.3, -0.25) is 0 Å². The number of anilines is 1. The first-order valence-corrected chi connectivity index (χ1v) is 5.97. The Labute approximate surface area is 115 Å². The van der Waals surface area contributed by atoms with Crippen LogP contribution in [0.25, 0.3) is 0 Å². The van der Waals surface area contributed by atoms with E-state index in [1.807, 2.05) is 6.07 Å². The van der Waals surface area contributed by atoms with Crippen LogP contribution >= 0.6 is 0 Å². The van der Waals surface area contributed by atoms with Crippen LogP contribution in [-0.4, -0.2) is 11.7 Å². The molecule has 0 amide bonds. The zero-order valence-corrected chi connectivity index (χ0v) is 10.5. The lowest BCUT2D eigenvalue weighted by Crippen LogP contribution is -2.12. The molecule has 3 nitrogen and oxygen atoms in total. The average Bonchev–Trinajstić information content (AvgIpc) is 2.47. The smallest absolute Gasteiger partial charge is 0.159 e. The summed E-state index contributed by atoms with van der Waals surface area (Å²) in [6, 6.07) is 12.0. The summed E-state index contributed by atoms with van der Waals surface area (Å²) in [5.41, 5.74) is 1.45. The van der Waals surface area contributed by atoms with Crippen molar-refractivity contribution in [1.82, 2.24) is 0 Å². The molecule has 2 N–H and O–H groups in total. The number of nitrogens with one attached hydrogen (secondary N) is 1. The van der Waals surface area contributed by atoms with Crippen LogP contribution in [0.4, 0.5) is 14.5 Å². The minimum absolute atomic E-state index is 0.125. The number of hydrogen-bond acceptors (Lipinski definition) is 3. The van der Waals surface area contributed by atoms with Gasteiger partial charge in [-0.1, -0.05) is 12.1 Å². The summed E-state index contributed by atoms with van der Waals surface area (Å²) >= 11 is 0. The maximum atomic E-state index is 13.1. The normalized spacial score (nSPS) is 11.7. The minimum Gasteiger partial charge on any atom is -0.387 e. The summed E-state index contributed by atoms with van der Waals surface area (Å²) < 4.78 is 25.9. The van der Waals surface area contributed by atoms with Crippen molar-refractivity contribution in [2.45, 2.75) is 6.10 Å². The molecule has 0 spiro atoms. The van der Waals surface area contributed by atoms with E-state index < -0.39 is 17.7 Å². The Kier molecular flexibility index (Phi) is 4.28. The Morgan fingerprint density at radius 2 is 1.95 bits per heavy atom. The van der Waals surface area contributed by atoms with Crippen molar-refractivity contribution in [3.8, 4) is 6.07 Å². The van der Waals surface area contributed by atoms with Gasteiger partial charge in [0.05, 0.1) is 17.7 Å². The van der Waals surface area contributed by atoms with Gasteiger partial charge < -0.3 is 10.4 Å². The molecule has 0 aliphatic heterocycles. The topological polar surface area (TPSA) is 56.0 Å². The first-order chi connectivity index (χ1) is 9.60. The lowest BCUT2D eigenvalue weighted by atomic mass is 10.1. The van der Waals surface area contributed by atoms with Gasteiger partial charge in [0.25, 0.3) is 0 Å². The van der Waals surface area contributed by atoms with E-state index in [4.69, 9.17) is 5.26 Å². The van der Waals surface area contributed by atoms with E-state index in [0.29, 0.717) is 11.3 Å². The average molecular weight is 274 g/mol. The van der Waals surface area contributed by atoms with E-state index in [2.05, 4.69) is 5.32 Å². The Bertz CT molecular complexity index is 653. The van der Waals surface area contributed by atoms with Gasteiger partial charge in [0.1, 0.15) is 0 Å². The molecule has 0 radical (unpaired) electrons. The van der Waals surface area contributed by atoms with Crippen LogP contribution in [0.5, 0.6) is 0 Å². The van der Waals surface area contributed by atoms with Crippen molar-refractivity contribution in [3.63, 3.8) is 0 Å². The largest absolute Gasteiger partial charge is 0.387 e. The molecule has 2 aromatic carbocycles. The van der Waals surface area contributed by atoms with Crippen LogP contribution in [0.3, 0.4) is 0 Å². The molecule has 2 rings (SSSR count). The number of benzene rings is 2. The quantitative estimate of drug-likeness (QED) is 0.901. The van der Waals surface area contributed by atoms with Gasteiger partial charge in [-0.05, 0) is 35.9 Å². The van der Waals surface area contributed by atoms with Crippen molar-refractivity contribution in [2.75, 3.05) is 11.9 Å². The highest BCUT2D eigenvalue weighted by Crippen LogP contribution is 2.18. The number of hydrogen-bond donors (Lipinski definition) is 2. The molecule has 0 aromatic heterocycles. The summed E-state index contributed by atoms with van der Waals surface area (Å²) in [7, 11) is 0. The first kappa shape index (κ1) is 14.0. The van der Waals surface area contributed by atoms with Gasteiger partial charge in [-0.2, -0.15) is 5.26 Å². The third-order valence-corrected chi connectivity index (χ3v) is 2.82. The van der Waals surface area contributed by atoms with Crippen LogP contribution < -0.4 is 5.32 Å². The number of nitriles is 1. The molecule has 5 heteroatoms. The first-order valence-electron chi connectivity index (χ1n) is 5.97. The van der Waals surface area contributed by atoms with E-state index in [1.54, 1.807) is 24.3 Å². The standard InChI is InChI=1S/C15H12F2N2O/c16-13-5-4-11(7-14(13)17)15(20)9-19-12-3-1-2-10(6-12)8-18/h1-7,15,19-20H,9H2. The monoisotopic (exact) mass is 274 g/mol. The van der Waals surface area contributed by atoms with Crippen molar-refractivity contribution in [3.05, 3.63) is 65.2 Å². The fourth-order valence-corrected chi connectivity index (χ4v) is 1.75. The minimum atomic E-state index is -0.993. The molecule has 0 aliphatic carbocycles. The van der Waals surface area contributed by atoms with Crippen LogP contribution in [-0.2, 0) is 0 Å². The second-order valence-corrected chi connectivity index (χ2v) is 4.26. The lowest BCUT2D eigenvalue weighted by Gasteiger charge is -2.13.